The Balaban J connectivity index is 1.34. The highest BCUT2D eigenvalue weighted by Crippen LogP contribution is 2.37. The zero-order valence-corrected chi connectivity index (χ0v) is 24.2. The van der Waals surface area contributed by atoms with E-state index in [1.165, 1.54) is 18.3 Å². The lowest BCUT2D eigenvalue weighted by molar-refractivity contribution is 0.262. The lowest BCUT2D eigenvalue weighted by atomic mass is 9.96. The normalized spacial score (nSPS) is 11.3. The average molecular weight is 571 g/mol. The van der Waals surface area contributed by atoms with Crippen LogP contribution in [0.2, 0.25) is 0 Å². The fourth-order valence-electron chi connectivity index (χ4n) is 4.58. The summed E-state index contributed by atoms with van der Waals surface area (Å²) in [4.78, 5) is 26.5. The summed E-state index contributed by atoms with van der Waals surface area (Å²) in [6.45, 7) is 6.05. The summed E-state index contributed by atoms with van der Waals surface area (Å²) in [5.74, 6) is 3.20. The van der Waals surface area contributed by atoms with Gasteiger partial charge in [0, 0.05) is 35.7 Å². The monoisotopic (exact) mass is 570 g/mol. The molecule has 216 valence electrons. The number of methoxy groups -OCH3 is 2. The highest BCUT2D eigenvalue weighted by Gasteiger charge is 2.26. The number of hydrogen-bond acceptors (Lipinski definition) is 7. The third-order valence-corrected chi connectivity index (χ3v) is 6.51. The van der Waals surface area contributed by atoms with Crippen LogP contribution in [-0.2, 0) is 12.5 Å². The van der Waals surface area contributed by atoms with Gasteiger partial charge in [-0.15, -0.1) is 0 Å². The Kier molecular flexibility index (Phi) is 7.66. The molecule has 0 aliphatic carbocycles. The van der Waals surface area contributed by atoms with Gasteiger partial charge in [0.2, 0.25) is 0 Å². The molecule has 5 aromatic rings. The van der Waals surface area contributed by atoms with Crippen LogP contribution in [0, 0.1) is 5.82 Å². The molecule has 2 amide bonds. The second kappa shape index (κ2) is 11.4. The van der Waals surface area contributed by atoms with E-state index in [2.05, 4.69) is 20.6 Å². The number of anilines is 2. The van der Waals surface area contributed by atoms with Gasteiger partial charge in [-0.1, -0.05) is 32.9 Å². The molecule has 2 aromatic carbocycles. The van der Waals surface area contributed by atoms with Crippen LogP contribution in [0.5, 0.6) is 23.0 Å². The molecule has 0 radical (unpaired) electrons. The van der Waals surface area contributed by atoms with Crippen LogP contribution in [0.25, 0.3) is 22.2 Å². The van der Waals surface area contributed by atoms with Crippen molar-refractivity contribution in [3.05, 3.63) is 78.6 Å². The summed E-state index contributed by atoms with van der Waals surface area (Å²) in [6, 6.07) is 14.2. The van der Waals surface area contributed by atoms with Crippen molar-refractivity contribution in [2.24, 2.45) is 7.05 Å². The number of carbonyl (C=O) groups is 1. The molecule has 0 spiro atoms. The molecule has 0 saturated carbocycles. The van der Waals surface area contributed by atoms with E-state index < -0.39 is 11.8 Å². The van der Waals surface area contributed by atoms with Gasteiger partial charge in [-0.2, -0.15) is 0 Å². The molecule has 10 nitrogen and oxygen atoms in total. The first kappa shape index (κ1) is 28.3. The lowest BCUT2D eigenvalue weighted by Gasteiger charge is -2.18. The maximum atomic E-state index is 14.0. The first-order valence-electron chi connectivity index (χ1n) is 13.1. The molecule has 3 heterocycles. The zero-order chi connectivity index (χ0) is 30.0. The number of urea groups is 1. The molecular weight excluding hydrogens is 539 g/mol. The van der Waals surface area contributed by atoms with Crippen molar-refractivity contribution in [2.45, 2.75) is 26.2 Å². The number of carbonyl (C=O) groups excluding carboxylic acids is 1. The van der Waals surface area contributed by atoms with Crippen molar-refractivity contribution >= 4 is 28.6 Å². The van der Waals surface area contributed by atoms with E-state index >= 15 is 0 Å². The topological polar surface area (TPSA) is 112 Å². The molecule has 0 bridgehead atoms. The Hall–Kier alpha value is -5.19. The first-order valence-corrected chi connectivity index (χ1v) is 13.1. The van der Waals surface area contributed by atoms with E-state index in [1.54, 1.807) is 67.4 Å². The van der Waals surface area contributed by atoms with Crippen molar-refractivity contribution in [1.29, 1.82) is 0 Å². The van der Waals surface area contributed by atoms with Gasteiger partial charge < -0.3 is 18.8 Å². The number of hydrogen-bond donors (Lipinski definition) is 2. The number of rotatable bonds is 7. The highest BCUT2D eigenvalue weighted by molar-refractivity contribution is 6.00. The van der Waals surface area contributed by atoms with Crippen molar-refractivity contribution < 1.29 is 23.4 Å². The maximum Gasteiger partial charge on any atom is 0.326 e. The number of imidazole rings is 1. The Morgan fingerprint density at radius 3 is 2.36 bits per heavy atom. The number of nitrogens with zero attached hydrogens (tertiary/aromatic N) is 4. The van der Waals surface area contributed by atoms with Gasteiger partial charge in [-0.25, -0.2) is 19.2 Å². The summed E-state index contributed by atoms with van der Waals surface area (Å²) >= 11 is 0. The predicted octanol–water partition coefficient (Wildman–Crippen LogP) is 6.92. The van der Waals surface area contributed by atoms with Crippen LogP contribution in [0.1, 0.15) is 26.6 Å². The van der Waals surface area contributed by atoms with E-state index in [4.69, 9.17) is 19.2 Å². The van der Waals surface area contributed by atoms with E-state index in [0.29, 0.717) is 51.4 Å². The number of ether oxygens (including phenoxy) is 3. The SMILES string of the molecule is COc1cc2nccc(Oc3ccc(NC(=O)Nc4c(-c5cccc(F)c5)nc(C(C)(C)C)n4C)nc3)c2cc1OC. The third-order valence-electron chi connectivity index (χ3n) is 6.51. The van der Waals surface area contributed by atoms with Crippen molar-refractivity contribution in [2.75, 3.05) is 24.9 Å². The second-order valence-corrected chi connectivity index (χ2v) is 10.5. The van der Waals surface area contributed by atoms with Crippen LogP contribution >= 0.6 is 0 Å². The maximum absolute atomic E-state index is 14.0. The highest BCUT2D eigenvalue weighted by atomic mass is 19.1. The van der Waals surface area contributed by atoms with E-state index in [0.717, 1.165) is 11.2 Å². The minimum Gasteiger partial charge on any atom is -0.493 e. The summed E-state index contributed by atoms with van der Waals surface area (Å²) < 4.78 is 32.7. The first-order chi connectivity index (χ1) is 20.1. The number of pyridine rings is 2. The summed E-state index contributed by atoms with van der Waals surface area (Å²) in [6.07, 6.45) is 3.14. The quantitative estimate of drug-likeness (QED) is 0.218. The molecule has 2 N–H and O–H groups in total. The van der Waals surface area contributed by atoms with Crippen LogP contribution in [0.3, 0.4) is 0 Å². The van der Waals surface area contributed by atoms with Crippen molar-refractivity contribution in [3.8, 4) is 34.3 Å². The van der Waals surface area contributed by atoms with Gasteiger partial charge in [-0.05, 0) is 36.4 Å². The number of aromatic nitrogens is 4. The minimum atomic E-state index is -0.529. The minimum absolute atomic E-state index is 0.302. The Morgan fingerprint density at radius 1 is 0.929 bits per heavy atom. The van der Waals surface area contributed by atoms with Gasteiger partial charge in [0.25, 0.3) is 0 Å². The van der Waals surface area contributed by atoms with Crippen LogP contribution in [-0.4, -0.2) is 39.8 Å². The van der Waals surface area contributed by atoms with E-state index in [-0.39, 0.29) is 5.41 Å². The van der Waals surface area contributed by atoms with Crippen molar-refractivity contribution in [3.63, 3.8) is 0 Å². The van der Waals surface area contributed by atoms with Gasteiger partial charge in [0.1, 0.15) is 40.5 Å². The molecule has 0 aliphatic heterocycles. The van der Waals surface area contributed by atoms with Crippen LogP contribution < -0.4 is 24.8 Å². The molecule has 11 heteroatoms. The number of benzene rings is 2. The van der Waals surface area contributed by atoms with Crippen LogP contribution in [0.4, 0.5) is 20.8 Å². The van der Waals surface area contributed by atoms with Gasteiger partial charge in [0.05, 0.1) is 25.9 Å². The molecule has 0 unspecified atom stereocenters. The molecular formula is C31H31FN6O4. The summed E-state index contributed by atoms with van der Waals surface area (Å²) in [5, 5.41) is 6.32. The summed E-state index contributed by atoms with van der Waals surface area (Å²) in [5.41, 5.74) is 1.38. The molecule has 0 saturated heterocycles. The van der Waals surface area contributed by atoms with Gasteiger partial charge >= 0.3 is 6.03 Å². The van der Waals surface area contributed by atoms with E-state index in [1.807, 2.05) is 27.8 Å². The molecule has 3 aromatic heterocycles. The van der Waals surface area contributed by atoms with E-state index in [9.17, 15) is 9.18 Å². The number of nitrogens with one attached hydrogen (secondary N) is 2. The molecule has 42 heavy (non-hydrogen) atoms. The fraction of sp³-hybridized carbons (Fsp3) is 0.226. The standard InChI is InChI=1S/C31H31FN6O4/c1-31(2,3)29-36-27(18-8-7-9-19(32)14-18)28(38(29)4)37-30(39)35-26-11-10-20(17-34-26)42-23-12-13-33-22-16-25(41-6)24(40-5)15-21(22)23/h7-17H,1-6H3,(H2,34,35,37,39). The molecule has 0 fully saturated rings. The van der Waals surface area contributed by atoms with Crippen LogP contribution in [0.15, 0.2) is 67.0 Å². The van der Waals surface area contributed by atoms with Gasteiger partial charge in [-0.3, -0.25) is 15.6 Å². The fourth-order valence-corrected chi connectivity index (χ4v) is 4.58. The van der Waals surface area contributed by atoms with Gasteiger partial charge in [0.15, 0.2) is 11.5 Å². The Labute approximate surface area is 242 Å². The largest absolute Gasteiger partial charge is 0.493 e. The zero-order valence-electron chi connectivity index (χ0n) is 24.2. The molecule has 5 rings (SSSR count). The lowest BCUT2D eigenvalue weighted by Crippen LogP contribution is -2.23. The van der Waals surface area contributed by atoms with Crippen molar-refractivity contribution in [1.82, 2.24) is 19.5 Å². The second-order valence-electron chi connectivity index (χ2n) is 10.5. The molecule has 0 aliphatic rings. The number of fused-ring (bicyclic) bond motifs is 1. The number of amides is 2. The molecule has 0 atom stereocenters. The number of halogens is 1. The smallest absolute Gasteiger partial charge is 0.326 e. The Morgan fingerprint density at radius 2 is 1.69 bits per heavy atom. The average Bonchev–Trinajstić information content (AvgIpc) is 3.29. The Bertz CT molecular complexity index is 1760. The summed E-state index contributed by atoms with van der Waals surface area (Å²) in [7, 11) is 4.94. The predicted molar refractivity (Wildman–Crippen MR) is 159 cm³/mol. The third kappa shape index (κ3) is 5.80.